The SMILES string of the molecule is COc1cccc(/C=C2/SC(=S)N(c3cccc(Br)c3)C2=O)c1OCc1ccc(Cl)cc1. The number of hydrogen-bond acceptors (Lipinski definition) is 5. The van der Waals surface area contributed by atoms with Gasteiger partial charge in [0.2, 0.25) is 0 Å². The Bertz CT molecular complexity index is 1210. The third-order valence-corrected chi connectivity index (χ3v) is 6.72. The summed E-state index contributed by atoms with van der Waals surface area (Å²) in [6.07, 6.45) is 1.79. The van der Waals surface area contributed by atoms with Crippen LogP contribution in [0.25, 0.3) is 6.08 Å². The van der Waals surface area contributed by atoms with Gasteiger partial charge in [-0.25, -0.2) is 0 Å². The Hall–Kier alpha value is -2.32. The molecule has 0 saturated carbocycles. The number of hydrogen-bond donors (Lipinski definition) is 0. The quantitative estimate of drug-likeness (QED) is 0.244. The number of nitrogens with zero attached hydrogens (tertiary/aromatic N) is 1. The highest BCUT2D eigenvalue weighted by molar-refractivity contribution is 9.10. The molecular weight excluding hydrogens is 530 g/mol. The van der Waals surface area contributed by atoms with E-state index in [0.29, 0.717) is 32.4 Å². The number of halogens is 2. The second-order valence-corrected chi connectivity index (χ2v) is 9.82. The van der Waals surface area contributed by atoms with E-state index in [9.17, 15) is 4.79 Å². The molecule has 0 unspecified atom stereocenters. The minimum Gasteiger partial charge on any atom is -0.493 e. The summed E-state index contributed by atoms with van der Waals surface area (Å²) in [5, 5.41) is 0.666. The second kappa shape index (κ2) is 10.1. The molecule has 0 spiro atoms. The maximum atomic E-state index is 13.2. The van der Waals surface area contributed by atoms with Gasteiger partial charge in [0.15, 0.2) is 15.8 Å². The molecule has 1 amide bonds. The van der Waals surface area contributed by atoms with E-state index >= 15 is 0 Å². The molecule has 0 atom stereocenters. The lowest BCUT2D eigenvalue weighted by Crippen LogP contribution is -2.27. The normalized spacial score (nSPS) is 14.8. The topological polar surface area (TPSA) is 38.8 Å². The molecule has 0 N–H and O–H groups in total. The number of methoxy groups -OCH3 is 1. The van der Waals surface area contributed by atoms with E-state index in [1.807, 2.05) is 66.7 Å². The van der Waals surface area contributed by atoms with Crippen molar-refractivity contribution in [2.75, 3.05) is 12.0 Å². The van der Waals surface area contributed by atoms with E-state index in [4.69, 9.17) is 33.3 Å². The number of rotatable bonds is 6. The molecule has 1 saturated heterocycles. The number of amides is 1. The van der Waals surface area contributed by atoms with Crippen LogP contribution in [0.4, 0.5) is 5.69 Å². The first-order valence-electron chi connectivity index (χ1n) is 9.54. The number of ether oxygens (including phenoxy) is 2. The smallest absolute Gasteiger partial charge is 0.270 e. The van der Waals surface area contributed by atoms with Crippen LogP contribution in [0, 0.1) is 0 Å². The molecule has 0 aliphatic carbocycles. The summed E-state index contributed by atoms with van der Waals surface area (Å²) in [6, 6.07) is 20.5. The number of thioether (sulfide) groups is 1. The predicted molar refractivity (Wildman–Crippen MR) is 139 cm³/mol. The van der Waals surface area contributed by atoms with Gasteiger partial charge in [-0.3, -0.25) is 9.69 Å². The fourth-order valence-corrected chi connectivity index (χ4v) is 4.95. The van der Waals surface area contributed by atoms with Gasteiger partial charge >= 0.3 is 0 Å². The summed E-state index contributed by atoms with van der Waals surface area (Å²) >= 11 is 16.2. The Morgan fingerprint density at radius 2 is 1.88 bits per heavy atom. The monoisotopic (exact) mass is 545 g/mol. The molecule has 1 aliphatic rings. The molecule has 3 aromatic rings. The van der Waals surface area contributed by atoms with Crippen LogP contribution in [-0.2, 0) is 11.4 Å². The second-order valence-electron chi connectivity index (χ2n) is 6.79. The first kappa shape index (κ1) is 22.9. The van der Waals surface area contributed by atoms with Crippen molar-refractivity contribution in [3.8, 4) is 11.5 Å². The van der Waals surface area contributed by atoms with Crippen molar-refractivity contribution in [2.24, 2.45) is 0 Å². The van der Waals surface area contributed by atoms with Crippen molar-refractivity contribution < 1.29 is 14.3 Å². The fraction of sp³-hybridized carbons (Fsp3) is 0.0833. The summed E-state index contributed by atoms with van der Waals surface area (Å²) in [4.78, 5) is 15.2. The molecule has 4 rings (SSSR count). The Labute approximate surface area is 209 Å². The van der Waals surface area contributed by atoms with Crippen LogP contribution in [0.15, 0.2) is 76.1 Å². The maximum Gasteiger partial charge on any atom is 0.270 e. The average molecular weight is 547 g/mol. The number of benzene rings is 3. The van der Waals surface area contributed by atoms with Crippen molar-refractivity contribution >= 4 is 73.5 Å². The molecule has 4 nitrogen and oxygen atoms in total. The van der Waals surface area contributed by atoms with Gasteiger partial charge in [0, 0.05) is 15.1 Å². The Morgan fingerprint density at radius 3 is 2.59 bits per heavy atom. The first-order valence-corrected chi connectivity index (χ1v) is 11.9. The van der Waals surface area contributed by atoms with E-state index in [2.05, 4.69) is 15.9 Å². The van der Waals surface area contributed by atoms with Crippen LogP contribution in [-0.4, -0.2) is 17.3 Å². The predicted octanol–water partition coefficient (Wildman–Crippen LogP) is 7.10. The lowest BCUT2D eigenvalue weighted by atomic mass is 10.1. The van der Waals surface area contributed by atoms with Gasteiger partial charge in [-0.15, -0.1) is 0 Å². The number of carbonyl (C=O) groups is 1. The Kier molecular flexibility index (Phi) is 7.20. The summed E-state index contributed by atoms with van der Waals surface area (Å²) in [6.45, 7) is 0.331. The van der Waals surface area contributed by atoms with Crippen molar-refractivity contribution in [1.82, 2.24) is 0 Å². The largest absolute Gasteiger partial charge is 0.493 e. The van der Waals surface area contributed by atoms with Crippen LogP contribution >= 0.6 is 51.5 Å². The standard InChI is InChI=1S/C24H17BrClNO3S2/c1-29-20-7-2-4-16(22(20)30-14-15-8-10-18(26)11-9-15)12-21-23(28)27(24(31)32-21)19-6-3-5-17(25)13-19/h2-13H,14H2,1H3/b21-12+. The van der Waals surface area contributed by atoms with Crippen LogP contribution in [0.5, 0.6) is 11.5 Å². The number of thiocarbonyl (C=S) groups is 1. The molecule has 0 bridgehead atoms. The summed E-state index contributed by atoms with van der Waals surface area (Å²) < 4.78 is 13.0. The first-order chi connectivity index (χ1) is 15.5. The highest BCUT2D eigenvalue weighted by Crippen LogP contribution is 2.39. The number of carbonyl (C=O) groups excluding carboxylic acids is 1. The molecule has 32 heavy (non-hydrogen) atoms. The van der Waals surface area contributed by atoms with Gasteiger partial charge in [-0.05, 0) is 48.0 Å². The molecule has 1 aliphatic heterocycles. The van der Waals surface area contributed by atoms with Gasteiger partial charge in [0.25, 0.3) is 5.91 Å². The zero-order chi connectivity index (χ0) is 22.7. The lowest BCUT2D eigenvalue weighted by Gasteiger charge is -2.15. The molecule has 162 valence electrons. The third-order valence-electron chi connectivity index (χ3n) is 4.67. The third kappa shape index (κ3) is 5.02. The average Bonchev–Trinajstić information content (AvgIpc) is 3.06. The Balaban J connectivity index is 1.64. The van der Waals surface area contributed by atoms with Crippen molar-refractivity contribution in [2.45, 2.75) is 6.61 Å². The zero-order valence-corrected chi connectivity index (χ0v) is 20.9. The Morgan fingerprint density at radius 1 is 1.12 bits per heavy atom. The van der Waals surface area contributed by atoms with E-state index in [-0.39, 0.29) is 5.91 Å². The van der Waals surface area contributed by atoms with Gasteiger partial charge < -0.3 is 9.47 Å². The van der Waals surface area contributed by atoms with Gasteiger partial charge in [0.05, 0.1) is 17.7 Å². The molecule has 3 aromatic carbocycles. The summed E-state index contributed by atoms with van der Waals surface area (Å²) in [7, 11) is 1.58. The lowest BCUT2D eigenvalue weighted by molar-refractivity contribution is -0.113. The highest BCUT2D eigenvalue weighted by Gasteiger charge is 2.33. The van der Waals surface area contributed by atoms with E-state index in [1.165, 1.54) is 16.7 Å². The molecule has 8 heteroatoms. The number of anilines is 1. The minimum atomic E-state index is -0.176. The van der Waals surface area contributed by atoms with Crippen molar-refractivity contribution in [1.29, 1.82) is 0 Å². The zero-order valence-electron chi connectivity index (χ0n) is 16.9. The summed E-state index contributed by atoms with van der Waals surface area (Å²) in [5.41, 5.74) is 2.41. The van der Waals surface area contributed by atoms with E-state index in [0.717, 1.165) is 21.3 Å². The van der Waals surface area contributed by atoms with E-state index < -0.39 is 0 Å². The van der Waals surface area contributed by atoms with Gasteiger partial charge in [0.1, 0.15) is 6.61 Å². The van der Waals surface area contributed by atoms with Gasteiger partial charge in [-0.1, -0.05) is 81.8 Å². The summed E-state index contributed by atoms with van der Waals surface area (Å²) in [5.74, 6) is 0.956. The van der Waals surface area contributed by atoms with Crippen molar-refractivity contribution in [3.63, 3.8) is 0 Å². The van der Waals surface area contributed by atoms with Gasteiger partial charge in [-0.2, -0.15) is 0 Å². The molecular formula is C24H17BrClNO3S2. The highest BCUT2D eigenvalue weighted by atomic mass is 79.9. The van der Waals surface area contributed by atoms with Crippen LogP contribution in [0.2, 0.25) is 5.02 Å². The minimum absolute atomic E-state index is 0.176. The molecule has 1 fully saturated rings. The van der Waals surface area contributed by atoms with E-state index in [1.54, 1.807) is 13.2 Å². The van der Waals surface area contributed by atoms with Crippen LogP contribution in [0.1, 0.15) is 11.1 Å². The maximum absolute atomic E-state index is 13.2. The number of para-hydroxylation sites is 1. The van der Waals surface area contributed by atoms with Crippen LogP contribution in [0.3, 0.4) is 0 Å². The van der Waals surface area contributed by atoms with Crippen molar-refractivity contribution in [3.05, 3.63) is 92.3 Å². The van der Waals surface area contributed by atoms with Crippen LogP contribution < -0.4 is 14.4 Å². The molecule has 0 aromatic heterocycles. The fourth-order valence-electron chi connectivity index (χ4n) is 3.14. The molecule has 1 heterocycles. The molecule has 0 radical (unpaired) electrons.